The lowest BCUT2D eigenvalue weighted by Gasteiger charge is -2.03. The van der Waals surface area contributed by atoms with E-state index in [-0.39, 0.29) is 0 Å². The van der Waals surface area contributed by atoms with E-state index in [4.69, 9.17) is 4.74 Å². The summed E-state index contributed by atoms with van der Waals surface area (Å²) in [5, 5.41) is 3.92. The number of benzene rings is 1. The van der Waals surface area contributed by atoms with E-state index >= 15 is 0 Å². The number of carbonyl (C=O) groups is 1. The molecule has 0 spiro atoms. The Hall–Kier alpha value is -2.69. The lowest BCUT2D eigenvalue weighted by Crippen LogP contribution is -2.23. The van der Waals surface area contributed by atoms with Gasteiger partial charge in [0.2, 0.25) is 0 Å². The zero-order valence-electron chi connectivity index (χ0n) is 10.4. The van der Waals surface area contributed by atoms with Crippen molar-refractivity contribution in [3.8, 4) is 5.75 Å². The second kappa shape index (κ2) is 6.30. The summed E-state index contributed by atoms with van der Waals surface area (Å²) < 4.78 is 5.02. The van der Waals surface area contributed by atoms with Gasteiger partial charge >= 0.3 is 6.09 Å². The van der Waals surface area contributed by atoms with Crippen molar-refractivity contribution in [2.75, 3.05) is 0 Å². The molecular formula is C14H13N3O2. The predicted octanol–water partition coefficient (Wildman–Crippen LogP) is 2.59. The highest BCUT2D eigenvalue weighted by Crippen LogP contribution is 2.08. The Balaban J connectivity index is 1.93. The van der Waals surface area contributed by atoms with E-state index in [0.717, 1.165) is 0 Å². The molecule has 1 aromatic carbocycles. The van der Waals surface area contributed by atoms with Crippen LogP contribution in [0.1, 0.15) is 12.6 Å². The summed E-state index contributed by atoms with van der Waals surface area (Å²) in [5.41, 5.74) is 3.62. The zero-order chi connectivity index (χ0) is 13.5. The normalized spacial score (nSPS) is 10.9. The van der Waals surface area contributed by atoms with Gasteiger partial charge in [-0.15, -0.1) is 0 Å². The van der Waals surface area contributed by atoms with Crippen LogP contribution in [0.5, 0.6) is 5.75 Å². The van der Waals surface area contributed by atoms with E-state index in [9.17, 15) is 4.79 Å². The second-order valence-electron chi connectivity index (χ2n) is 3.73. The molecule has 19 heavy (non-hydrogen) atoms. The number of nitrogens with zero attached hydrogens (tertiary/aromatic N) is 2. The summed E-state index contributed by atoms with van der Waals surface area (Å²) in [6, 6.07) is 14.3. The summed E-state index contributed by atoms with van der Waals surface area (Å²) in [6.45, 7) is 1.76. The number of hydrogen-bond acceptors (Lipinski definition) is 4. The molecule has 0 unspecified atom stereocenters. The third-order valence-electron chi connectivity index (χ3n) is 2.30. The summed E-state index contributed by atoms with van der Waals surface area (Å²) in [7, 11) is 0. The summed E-state index contributed by atoms with van der Waals surface area (Å²) in [6.07, 6.45) is 1.03. The van der Waals surface area contributed by atoms with Crippen molar-refractivity contribution in [2.24, 2.45) is 5.10 Å². The Bertz CT molecular complexity index is 568. The van der Waals surface area contributed by atoms with Crippen molar-refractivity contribution in [1.29, 1.82) is 0 Å². The van der Waals surface area contributed by atoms with Gasteiger partial charge < -0.3 is 4.74 Å². The third-order valence-corrected chi connectivity index (χ3v) is 2.30. The quantitative estimate of drug-likeness (QED) is 0.677. The Morgan fingerprint density at radius 2 is 1.89 bits per heavy atom. The molecular weight excluding hydrogens is 242 g/mol. The first kappa shape index (κ1) is 12.8. The Morgan fingerprint density at radius 3 is 2.58 bits per heavy atom. The average Bonchev–Trinajstić information content (AvgIpc) is 2.47. The number of ether oxygens (including phenoxy) is 1. The van der Waals surface area contributed by atoms with Gasteiger partial charge in [-0.05, 0) is 31.2 Å². The van der Waals surface area contributed by atoms with Crippen molar-refractivity contribution in [1.82, 2.24) is 10.4 Å². The van der Waals surface area contributed by atoms with Crippen LogP contribution in [0, 0.1) is 0 Å². The average molecular weight is 255 g/mol. The highest BCUT2D eigenvalue weighted by Gasteiger charge is 2.03. The summed E-state index contributed by atoms with van der Waals surface area (Å²) in [5.74, 6) is 0.464. The molecule has 1 heterocycles. The maximum atomic E-state index is 11.5. The van der Waals surface area contributed by atoms with Crippen LogP contribution in [0.15, 0.2) is 59.8 Å². The monoisotopic (exact) mass is 255 g/mol. The van der Waals surface area contributed by atoms with Gasteiger partial charge in [-0.3, -0.25) is 4.98 Å². The van der Waals surface area contributed by atoms with Crippen LogP contribution in [0.2, 0.25) is 0 Å². The number of nitrogens with one attached hydrogen (secondary N) is 1. The maximum Gasteiger partial charge on any atom is 0.433 e. The molecule has 1 amide bonds. The number of hydrogen-bond donors (Lipinski definition) is 1. The largest absolute Gasteiger partial charge is 0.433 e. The number of amides is 1. The Morgan fingerprint density at radius 1 is 1.16 bits per heavy atom. The molecule has 0 aliphatic carbocycles. The number of carbonyl (C=O) groups excluding carboxylic acids is 1. The smallest absolute Gasteiger partial charge is 0.409 e. The van der Waals surface area contributed by atoms with Crippen molar-refractivity contribution in [3.63, 3.8) is 0 Å². The molecule has 1 N–H and O–H groups in total. The molecule has 1 aromatic heterocycles. The third kappa shape index (κ3) is 3.92. The molecule has 0 aliphatic rings. The fourth-order valence-electron chi connectivity index (χ4n) is 1.38. The first-order valence-electron chi connectivity index (χ1n) is 5.74. The van der Waals surface area contributed by atoms with Crippen LogP contribution in [-0.4, -0.2) is 16.8 Å². The van der Waals surface area contributed by atoms with Gasteiger partial charge in [0.25, 0.3) is 0 Å². The van der Waals surface area contributed by atoms with E-state index in [0.29, 0.717) is 17.2 Å². The fourth-order valence-corrected chi connectivity index (χ4v) is 1.38. The molecule has 0 radical (unpaired) electrons. The topological polar surface area (TPSA) is 63.6 Å². The highest BCUT2D eigenvalue weighted by atomic mass is 16.6. The lowest BCUT2D eigenvalue weighted by molar-refractivity contribution is 0.201. The maximum absolute atomic E-state index is 11.5. The van der Waals surface area contributed by atoms with Crippen molar-refractivity contribution in [2.45, 2.75) is 6.92 Å². The minimum Gasteiger partial charge on any atom is -0.409 e. The van der Waals surface area contributed by atoms with Gasteiger partial charge in [-0.1, -0.05) is 24.3 Å². The van der Waals surface area contributed by atoms with E-state index < -0.39 is 6.09 Å². The molecule has 5 nitrogen and oxygen atoms in total. The number of pyridine rings is 1. The van der Waals surface area contributed by atoms with Crippen LogP contribution < -0.4 is 10.2 Å². The fraction of sp³-hybridized carbons (Fsp3) is 0.0714. The van der Waals surface area contributed by atoms with Crippen LogP contribution >= 0.6 is 0 Å². The van der Waals surface area contributed by atoms with Gasteiger partial charge in [0.05, 0.1) is 11.4 Å². The standard InChI is InChI=1S/C14H13N3O2/c1-11(13-9-5-6-10-15-13)16-17-14(18)19-12-7-3-2-4-8-12/h2-10H,1H3,(H,17,18). The number of para-hydroxylation sites is 1. The first-order chi connectivity index (χ1) is 9.25. The van der Waals surface area contributed by atoms with Crippen molar-refractivity contribution < 1.29 is 9.53 Å². The lowest BCUT2D eigenvalue weighted by atomic mass is 10.3. The summed E-state index contributed by atoms with van der Waals surface area (Å²) in [4.78, 5) is 15.6. The van der Waals surface area contributed by atoms with E-state index in [2.05, 4.69) is 15.5 Å². The molecule has 2 aromatic rings. The molecule has 0 bridgehead atoms. The van der Waals surface area contributed by atoms with Crippen LogP contribution in [0.25, 0.3) is 0 Å². The Labute approximate surface area is 110 Å². The van der Waals surface area contributed by atoms with Crippen LogP contribution in [0.4, 0.5) is 4.79 Å². The highest BCUT2D eigenvalue weighted by molar-refractivity contribution is 5.97. The van der Waals surface area contributed by atoms with Crippen LogP contribution in [-0.2, 0) is 0 Å². The molecule has 96 valence electrons. The first-order valence-corrected chi connectivity index (χ1v) is 5.74. The van der Waals surface area contributed by atoms with Gasteiger partial charge in [0.15, 0.2) is 0 Å². The molecule has 0 atom stereocenters. The molecule has 0 saturated heterocycles. The van der Waals surface area contributed by atoms with E-state index in [1.54, 1.807) is 37.4 Å². The van der Waals surface area contributed by atoms with Crippen molar-refractivity contribution in [3.05, 3.63) is 60.4 Å². The van der Waals surface area contributed by atoms with E-state index in [1.165, 1.54) is 0 Å². The number of rotatable bonds is 3. The molecule has 2 rings (SSSR count). The molecule has 0 aliphatic heterocycles. The minimum atomic E-state index is -0.638. The Kier molecular flexibility index (Phi) is 4.23. The number of hydrazone groups is 1. The molecule has 5 heteroatoms. The van der Waals surface area contributed by atoms with Crippen molar-refractivity contribution >= 4 is 11.8 Å². The minimum absolute atomic E-state index is 0.464. The SMILES string of the molecule is CC(=NNC(=O)Oc1ccccc1)c1ccccn1. The van der Waals surface area contributed by atoms with Crippen LogP contribution in [0.3, 0.4) is 0 Å². The predicted molar refractivity (Wildman–Crippen MR) is 72.0 cm³/mol. The second-order valence-corrected chi connectivity index (χ2v) is 3.73. The number of aromatic nitrogens is 1. The van der Waals surface area contributed by atoms with E-state index in [1.807, 2.05) is 24.3 Å². The van der Waals surface area contributed by atoms with Gasteiger partial charge in [-0.2, -0.15) is 5.10 Å². The molecule has 0 saturated carbocycles. The summed E-state index contributed by atoms with van der Waals surface area (Å²) >= 11 is 0. The van der Waals surface area contributed by atoms with Gasteiger partial charge in [-0.25, -0.2) is 10.2 Å². The van der Waals surface area contributed by atoms with Gasteiger partial charge in [0, 0.05) is 6.20 Å². The zero-order valence-corrected chi connectivity index (χ0v) is 10.4. The molecule has 0 fully saturated rings. The van der Waals surface area contributed by atoms with Gasteiger partial charge in [0.1, 0.15) is 5.75 Å².